The third kappa shape index (κ3) is 1.95. The molecule has 0 fully saturated rings. The van der Waals surface area contributed by atoms with Crippen LogP contribution >= 0.6 is 11.6 Å². The molecule has 0 aliphatic rings. The van der Waals surface area contributed by atoms with Crippen molar-refractivity contribution in [3.05, 3.63) is 17.0 Å². The first-order valence-corrected chi connectivity index (χ1v) is 4.70. The van der Waals surface area contributed by atoms with Gasteiger partial charge in [-0.1, -0.05) is 11.6 Å². The highest BCUT2D eigenvalue weighted by Gasteiger charge is 2.40. The van der Waals surface area contributed by atoms with Gasteiger partial charge in [0.15, 0.2) is 11.5 Å². The van der Waals surface area contributed by atoms with Crippen molar-refractivity contribution in [1.82, 2.24) is 14.8 Å². The first-order chi connectivity index (χ1) is 7.80. The largest absolute Gasteiger partial charge is 0.435 e. The molecule has 2 aromatic rings. The van der Waals surface area contributed by atoms with E-state index in [4.69, 9.17) is 21.8 Å². The molecule has 2 aromatic heterocycles. The summed E-state index contributed by atoms with van der Waals surface area (Å²) in [4.78, 5) is 3.51. The number of hydrogen-bond acceptors (Lipinski definition) is 4. The van der Waals surface area contributed by atoms with Crippen LogP contribution in [0, 0.1) is 0 Å². The Balaban J connectivity index is 2.67. The maximum absolute atomic E-state index is 12.7. The number of hydrogen-bond donors (Lipinski definition) is 1. The molecule has 0 aliphatic carbocycles. The van der Waals surface area contributed by atoms with Crippen molar-refractivity contribution >= 4 is 17.6 Å². The van der Waals surface area contributed by atoms with E-state index in [2.05, 4.69) is 10.1 Å². The monoisotopic (exact) mass is 266 g/mol. The zero-order valence-electron chi connectivity index (χ0n) is 8.42. The highest BCUT2D eigenvalue weighted by Crippen LogP contribution is 2.40. The molecule has 0 bridgehead atoms. The molecule has 0 saturated heterocycles. The van der Waals surface area contributed by atoms with E-state index in [-0.39, 0.29) is 22.5 Å². The van der Waals surface area contributed by atoms with Crippen LogP contribution in [0.25, 0.3) is 11.3 Å². The number of aryl methyl sites for hydroxylation is 1. The average Bonchev–Trinajstić information content (AvgIpc) is 2.72. The van der Waals surface area contributed by atoms with E-state index in [9.17, 15) is 13.2 Å². The van der Waals surface area contributed by atoms with Crippen LogP contribution in [0.3, 0.4) is 0 Å². The first kappa shape index (κ1) is 11.8. The smallest absolute Gasteiger partial charge is 0.424 e. The summed E-state index contributed by atoms with van der Waals surface area (Å²) in [6, 6.07) is -0.243. The number of nitrogen functional groups attached to an aromatic ring is 1. The topological polar surface area (TPSA) is 69.9 Å². The van der Waals surface area contributed by atoms with Gasteiger partial charge in [0.1, 0.15) is 5.15 Å². The van der Waals surface area contributed by atoms with Gasteiger partial charge < -0.3 is 10.2 Å². The van der Waals surface area contributed by atoms with Crippen molar-refractivity contribution in [2.75, 3.05) is 5.73 Å². The zero-order valence-corrected chi connectivity index (χ0v) is 9.17. The summed E-state index contributed by atoms with van der Waals surface area (Å²) in [6.07, 6.45) is -3.57. The van der Waals surface area contributed by atoms with Gasteiger partial charge in [-0.05, 0) is 0 Å². The molecule has 2 heterocycles. The molecule has 0 atom stereocenters. The second-order valence-electron chi connectivity index (χ2n) is 3.20. The first-order valence-electron chi connectivity index (χ1n) is 4.32. The summed E-state index contributed by atoms with van der Waals surface area (Å²) < 4.78 is 43.8. The van der Waals surface area contributed by atoms with Crippen LogP contribution in [0.15, 0.2) is 10.6 Å². The fourth-order valence-corrected chi connectivity index (χ4v) is 1.54. The zero-order chi connectivity index (χ0) is 12.8. The summed E-state index contributed by atoms with van der Waals surface area (Å²) in [5, 5.41) is 3.10. The van der Waals surface area contributed by atoms with Crippen LogP contribution < -0.4 is 5.73 Å². The van der Waals surface area contributed by atoms with Crippen LogP contribution in [0.2, 0.25) is 5.15 Å². The highest BCUT2D eigenvalue weighted by molar-refractivity contribution is 6.32. The fourth-order valence-electron chi connectivity index (χ4n) is 1.32. The van der Waals surface area contributed by atoms with E-state index in [0.717, 1.165) is 10.9 Å². The van der Waals surface area contributed by atoms with E-state index in [1.165, 1.54) is 7.05 Å². The highest BCUT2D eigenvalue weighted by atomic mass is 35.5. The van der Waals surface area contributed by atoms with Crippen molar-refractivity contribution in [2.24, 2.45) is 7.05 Å². The van der Waals surface area contributed by atoms with E-state index < -0.39 is 11.9 Å². The second-order valence-corrected chi connectivity index (χ2v) is 3.56. The molecule has 0 spiro atoms. The molecule has 9 heteroatoms. The average molecular weight is 267 g/mol. The van der Waals surface area contributed by atoms with Gasteiger partial charge in [0.2, 0.25) is 0 Å². The van der Waals surface area contributed by atoms with E-state index in [1.54, 1.807) is 0 Å². The number of nitrogens with two attached hydrogens (primary N) is 1. The third-order valence-electron chi connectivity index (χ3n) is 2.02. The number of alkyl halides is 3. The molecular formula is C8H6ClF3N4O. The fraction of sp³-hybridized carbons (Fsp3) is 0.250. The Hall–Kier alpha value is -1.70. The number of nitrogens with zero attached hydrogens (tertiary/aromatic N) is 3. The summed E-state index contributed by atoms with van der Waals surface area (Å²) in [5.41, 5.74) is 3.70. The van der Waals surface area contributed by atoms with Gasteiger partial charge in [-0.3, -0.25) is 4.68 Å². The molecule has 0 radical (unpaired) electrons. The number of oxazole rings is 1. The number of halogens is 4. The SMILES string of the molecule is Cn1nc(C(F)(F)F)c(-c2cnc(N)o2)c1Cl. The van der Waals surface area contributed by atoms with Gasteiger partial charge in [0, 0.05) is 7.05 Å². The van der Waals surface area contributed by atoms with Crippen LogP contribution in [0.5, 0.6) is 0 Å². The minimum absolute atomic E-state index is 0.173. The van der Waals surface area contributed by atoms with Gasteiger partial charge >= 0.3 is 6.18 Å². The van der Waals surface area contributed by atoms with Crippen LogP contribution in [-0.2, 0) is 13.2 Å². The molecule has 0 aliphatic heterocycles. The van der Waals surface area contributed by atoms with Gasteiger partial charge in [0.25, 0.3) is 6.01 Å². The molecule has 92 valence electrons. The van der Waals surface area contributed by atoms with Crippen molar-refractivity contribution in [3.63, 3.8) is 0 Å². The third-order valence-corrected chi connectivity index (χ3v) is 2.45. The maximum atomic E-state index is 12.7. The van der Waals surface area contributed by atoms with Crippen molar-refractivity contribution in [1.29, 1.82) is 0 Å². The summed E-state index contributed by atoms with van der Waals surface area (Å²) in [5.74, 6) is -0.173. The summed E-state index contributed by atoms with van der Waals surface area (Å²) in [6.45, 7) is 0. The second kappa shape index (κ2) is 3.66. The summed E-state index contributed by atoms with van der Waals surface area (Å²) >= 11 is 5.74. The molecule has 0 unspecified atom stereocenters. The molecule has 0 aromatic carbocycles. The Morgan fingerprint density at radius 3 is 2.59 bits per heavy atom. The molecule has 2 N–H and O–H groups in total. The number of rotatable bonds is 1. The Morgan fingerprint density at radius 1 is 1.47 bits per heavy atom. The Labute approximate surface area is 98.0 Å². The molecule has 0 amide bonds. The van der Waals surface area contributed by atoms with Crippen molar-refractivity contribution in [2.45, 2.75) is 6.18 Å². The Morgan fingerprint density at radius 2 is 2.12 bits per heavy atom. The van der Waals surface area contributed by atoms with Crippen molar-refractivity contribution < 1.29 is 17.6 Å². The normalized spacial score (nSPS) is 12.1. The minimum Gasteiger partial charge on any atom is -0.424 e. The Kier molecular flexibility index (Phi) is 2.53. The van der Waals surface area contributed by atoms with Gasteiger partial charge in [0.05, 0.1) is 11.8 Å². The lowest BCUT2D eigenvalue weighted by Crippen LogP contribution is -2.08. The molecule has 17 heavy (non-hydrogen) atoms. The quantitative estimate of drug-likeness (QED) is 0.860. The molecule has 2 rings (SSSR count). The number of anilines is 1. The van der Waals surface area contributed by atoms with Crippen LogP contribution in [-0.4, -0.2) is 14.8 Å². The molecular weight excluding hydrogens is 261 g/mol. The van der Waals surface area contributed by atoms with Gasteiger partial charge in [-0.2, -0.15) is 18.3 Å². The minimum atomic E-state index is -4.64. The van der Waals surface area contributed by atoms with E-state index in [0.29, 0.717) is 0 Å². The van der Waals surface area contributed by atoms with Crippen LogP contribution in [0.1, 0.15) is 5.69 Å². The molecule has 0 saturated carbocycles. The standard InChI is InChI=1S/C8H6ClF3N4O/c1-16-6(9)4(3-2-14-7(13)17-3)5(15-16)8(10,11)12/h2H,1H3,(H2,13,14). The van der Waals surface area contributed by atoms with Gasteiger partial charge in [-0.15, -0.1) is 0 Å². The Bertz CT molecular complexity index is 560. The predicted molar refractivity (Wildman–Crippen MR) is 53.1 cm³/mol. The van der Waals surface area contributed by atoms with Gasteiger partial charge in [-0.25, -0.2) is 4.98 Å². The molecule has 5 nitrogen and oxygen atoms in total. The predicted octanol–water partition coefficient (Wildman–Crippen LogP) is 2.33. The van der Waals surface area contributed by atoms with Crippen molar-refractivity contribution in [3.8, 4) is 11.3 Å². The van der Waals surface area contributed by atoms with E-state index >= 15 is 0 Å². The lowest BCUT2D eigenvalue weighted by molar-refractivity contribution is -0.141. The lowest BCUT2D eigenvalue weighted by atomic mass is 10.2. The maximum Gasteiger partial charge on any atom is 0.435 e. The van der Waals surface area contributed by atoms with E-state index in [1.807, 2.05) is 0 Å². The van der Waals surface area contributed by atoms with Crippen LogP contribution in [0.4, 0.5) is 19.2 Å². The number of aromatic nitrogens is 3. The lowest BCUT2D eigenvalue weighted by Gasteiger charge is -2.03. The summed E-state index contributed by atoms with van der Waals surface area (Å²) in [7, 11) is 1.29.